The summed E-state index contributed by atoms with van der Waals surface area (Å²) in [5, 5.41) is 0. The van der Waals surface area contributed by atoms with Crippen LogP contribution in [0, 0.1) is 5.92 Å². The molecule has 0 aromatic carbocycles. The molecule has 0 heterocycles. The fraction of sp³-hybridized carbons (Fsp3) is 1.00. The van der Waals surface area contributed by atoms with Gasteiger partial charge in [-0.25, -0.2) is 4.67 Å². The smallest absolute Gasteiger partial charge is 0.280 e. The molecule has 0 bridgehead atoms. The van der Waals surface area contributed by atoms with E-state index >= 15 is 0 Å². The van der Waals surface area contributed by atoms with Gasteiger partial charge < -0.3 is 9.96 Å². The van der Waals surface area contributed by atoms with E-state index in [0.717, 1.165) is 12.6 Å². The van der Waals surface area contributed by atoms with Gasteiger partial charge in [-0.2, -0.15) is 0 Å². The van der Waals surface area contributed by atoms with E-state index in [9.17, 15) is 0 Å². The van der Waals surface area contributed by atoms with Crippen LogP contribution in [0.5, 0.6) is 0 Å². The van der Waals surface area contributed by atoms with Gasteiger partial charge in [0.25, 0.3) is 9.28 Å². The third-order valence-electron chi connectivity index (χ3n) is 3.23. The summed E-state index contributed by atoms with van der Waals surface area (Å²) >= 11 is 0. The molecule has 3 N–H and O–H groups in total. The molecule has 0 aromatic heterocycles. The normalized spacial score (nSPS) is 18.2. The maximum Gasteiger partial charge on any atom is 0.280 e. The Morgan fingerprint density at radius 1 is 1.19 bits per heavy atom. The highest BCUT2D eigenvalue weighted by molar-refractivity contribution is 6.49. The summed E-state index contributed by atoms with van der Waals surface area (Å²) in [6.07, 6.45) is 5.47. The third kappa shape index (κ3) is 4.14. The molecule has 96 valence electrons. The lowest BCUT2D eigenvalue weighted by Crippen LogP contribution is -2.65. The Kier molecular flexibility index (Phi) is 6.53. The van der Waals surface area contributed by atoms with Crippen molar-refractivity contribution in [3.05, 3.63) is 0 Å². The second-order valence-corrected chi connectivity index (χ2v) is 7.60. The Morgan fingerprint density at radius 2 is 1.75 bits per heavy atom. The van der Waals surface area contributed by atoms with Crippen LogP contribution >= 0.6 is 0 Å². The van der Waals surface area contributed by atoms with E-state index in [0.29, 0.717) is 5.92 Å². The molecule has 0 amide bonds. The van der Waals surface area contributed by atoms with E-state index in [4.69, 9.17) is 0 Å². The number of hydrogen-bond donors (Lipinski definition) is 3. The average Bonchev–Trinajstić information content (AvgIpc) is 2.77. The van der Waals surface area contributed by atoms with Crippen molar-refractivity contribution in [2.75, 3.05) is 20.6 Å². The molecule has 1 fully saturated rings. The quantitative estimate of drug-likeness (QED) is 0.452. The van der Waals surface area contributed by atoms with Crippen molar-refractivity contribution in [2.45, 2.75) is 45.6 Å². The molecule has 0 aromatic rings. The lowest BCUT2D eigenvalue weighted by molar-refractivity contribution is 0.221. The standard InChI is InChI=1S/C11H28N4Si/c1-10(2)9-14-15(16(12-3)13-4)11-7-5-6-8-11/h10-14,16H,5-9H2,1-4H3. The molecular formula is C11H28N4Si. The predicted octanol–water partition coefficient (Wildman–Crippen LogP) is 0.548. The van der Waals surface area contributed by atoms with E-state index in [1.165, 1.54) is 25.7 Å². The minimum absolute atomic E-state index is 0.701. The van der Waals surface area contributed by atoms with Crippen LogP contribution in [0.1, 0.15) is 39.5 Å². The van der Waals surface area contributed by atoms with Crippen LogP contribution in [0.25, 0.3) is 0 Å². The van der Waals surface area contributed by atoms with Crippen molar-refractivity contribution in [3.8, 4) is 0 Å². The first-order chi connectivity index (χ1) is 7.69. The second kappa shape index (κ2) is 7.40. The molecule has 0 saturated heterocycles. The molecular weight excluding hydrogens is 216 g/mol. The number of hydrogen-bond acceptors (Lipinski definition) is 4. The van der Waals surface area contributed by atoms with Crippen LogP contribution in [0.3, 0.4) is 0 Å². The summed E-state index contributed by atoms with van der Waals surface area (Å²) < 4.78 is 2.51. The van der Waals surface area contributed by atoms with Gasteiger partial charge in [0, 0.05) is 12.6 Å². The predicted molar refractivity (Wildman–Crippen MR) is 72.2 cm³/mol. The van der Waals surface area contributed by atoms with E-state index < -0.39 is 9.28 Å². The lowest BCUT2D eigenvalue weighted by Gasteiger charge is -2.35. The highest BCUT2D eigenvalue weighted by atomic mass is 28.3. The van der Waals surface area contributed by atoms with E-state index in [-0.39, 0.29) is 0 Å². The molecule has 0 unspecified atom stereocenters. The minimum atomic E-state index is -1.20. The Morgan fingerprint density at radius 3 is 2.19 bits per heavy atom. The maximum atomic E-state index is 3.63. The summed E-state index contributed by atoms with van der Waals surface area (Å²) in [4.78, 5) is 6.89. The van der Waals surface area contributed by atoms with Gasteiger partial charge in [-0.1, -0.05) is 26.7 Å². The Hall–Kier alpha value is 0.0569. The SMILES string of the molecule is CN[SiH](NC)N(NCC(C)C)C1CCCC1. The highest BCUT2D eigenvalue weighted by Gasteiger charge is 2.28. The fourth-order valence-electron chi connectivity index (χ4n) is 2.32. The largest absolute Gasteiger partial charge is 0.318 e. The third-order valence-corrected chi connectivity index (χ3v) is 5.48. The topological polar surface area (TPSA) is 39.3 Å². The summed E-state index contributed by atoms with van der Waals surface area (Å²) in [6.45, 7) is 5.59. The van der Waals surface area contributed by atoms with E-state index in [1.807, 2.05) is 0 Å². The molecule has 1 saturated carbocycles. The van der Waals surface area contributed by atoms with Crippen LogP contribution in [-0.2, 0) is 0 Å². The molecule has 16 heavy (non-hydrogen) atoms. The molecule has 5 heteroatoms. The molecule has 1 rings (SSSR count). The Labute approximate surface area is 102 Å². The van der Waals surface area contributed by atoms with Gasteiger partial charge in [0.15, 0.2) is 0 Å². The number of rotatable bonds is 7. The first-order valence-electron chi connectivity index (χ1n) is 6.55. The molecule has 0 spiro atoms. The van der Waals surface area contributed by atoms with Crippen LogP contribution < -0.4 is 15.4 Å². The summed E-state index contributed by atoms with van der Waals surface area (Å²) in [7, 11) is 2.93. The summed E-state index contributed by atoms with van der Waals surface area (Å²) in [5.41, 5.74) is 3.63. The van der Waals surface area contributed by atoms with Crippen LogP contribution in [0.2, 0.25) is 0 Å². The van der Waals surface area contributed by atoms with Crippen molar-refractivity contribution in [1.82, 2.24) is 20.1 Å². The summed E-state index contributed by atoms with van der Waals surface area (Å²) in [5.74, 6) is 0.701. The summed E-state index contributed by atoms with van der Waals surface area (Å²) in [6, 6.07) is 0.732. The number of hydrazine groups is 1. The van der Waals surface area contributed by atoms with Crippen LogP contribution in [0.4, 0.5) is 0 Å². The van der Waals surface area contributed by atoms with Crippen molar-refractivity contribution in [3.63, 3.8) is 0 Å². The highest BCUT2D eigenvalue weighted by Crippen LogP contribution is 2.22. The zero-order chi connectivity index (χ0) is 12.0. The van der Waals surface area contributed by atoms with Crippen LogP contribution in [-0.4, -0.2) is 40.6 Å². The van der Waals surface area contributed by atoms with Crippen molar-refractivity contribution < 1.29 is 0 Å². The van der Waals surface area contributed by atoms with E-state index in [2.05, 4.69) is 48.0 Å². The van der Waals surface area contributed by atoms with Gasteiger partial charge in [-0.15, -0.1) is 0 Å². The zero-order valence-electron chi connectivity index (χ0n) is 11.2. The number of nitrogens with one attached hydrogen (secondary N) is 3. The lowest BCUT2D eigenvalue weighted by atomic mass is 10.2. The molecule has 0 radical (unpaired) electrons. The monoisotopic (exact) mass is 244 g/mol. The van der Waals surface area contributed by atoms with Gasteiger partial charge in [-0.3, -0.25) is 5.43 Å². The molecule has 0 atom stereocenters. The molecule has 0 aliphatic heterocycles. The molecule has 1 aliphatic carbocycles. The van der Waals surface area contributed by atoms with Crippen molar-refractivity contribution in [2.24, 2.45) is 5.92 Å². The maximum absolute atomic E-state index is 3.63. The van der Waals surface area contributed by atoms with Gasteiger partial charge in [0.05, 0.1) is 0 Å². The first-order valence-corrected chi connectivity index (χ1v) is 8.22. The van der Waals surface area contributed by atoms with Crippen molar-refractivity contribution in [1.29, 1.82) is 0 Å². The van der Waals surface area contributed by atoms with Crippen molar-refractivity contribution >= 4 is 9.28 Å². The fourth-order valence-corrected chi connectivity index (χ4v) is 4.18. The number of nitrogens with zero attached hydrogens (tertiary/aromatic N) is 1. The van der Waals surface area contributed by atoms with Crippen LogP contribution in [0.15, 0.2) is 0 Å². The van der Waals surface area contributed by atoms with Gasteiger partial charge in [0.1, 0.15) is 0 Å². The first kappa shape index (κ1) is 14.1. The minimum Gasteiger partial charge on any atom is -0.318 e. The van der Waals surface area contributed by atoms with Gasteiger partial charge >= 0.3 is 0 Å². The Bertz CT molecular complexity index is 177. The second-order valence-electron chi connectivity index (χ2n) is 5.08. The van der Waals surface area contributed by atoms with Gasteiger partial charge in [0.2, 0.25) is 0 Å². The van der Waals surface area contributed by atoms with E-state index in [1.54, 1.807) is 0 Å². The Balaban J connectivity index is 2.52. The molecule has 4 nitrogen and oxygen atoms in total. The zero-order valence-corrected chi connectivity index (χ0v) is 12.4. The average molecular weight is 244 g/mol. The molecule has 1 aliphatic rings. The van der Waals surface area contributed by atoms with Gasteiger partial charge in [-0.05, 0) is 32.9 Å².